The molecule has 6 heteroatoms. The Kier molecular flexibility index (Phi) is 65.8. The summed E-state index contributed by atoms with van der Waals surface area (Å²) in [6.07, 6.45) is 100. The van der Waals surface area contributed by atoms with Crippen LogP contribution in [0.2, 0.25) is 0 Å². The predicted molar refractivity (Wildman–Crippen MR) is 362 cm³/mol. The summed E-state index contributed by atoms with van der Waals surface area (Å²) in [7, 11) is 0. The van der Waals surface area contributed by atoms with Gasteiger partial charge in [-0.05, 0) is 122 Å². The second kappa shape index (κ2) is 69.8. The number of hydrogen-bond donors (Lipinski definition) is 0. The highest BCUT2D eigenvalue weighted by molar-refractivity contribution is 5.71. The fourth-order valence-corrected chi connectivity index (χ4v) is 9.22. The van der Waals surface area contributed by atoms with Crippen molar-refractivity contribution in [2.24, 2.45) is 0 Å². The van der Waals surface area contributed by atoms with Crippen LogP contribution < -0.4 is 0 Å². The monoisotopic (exact) mass is 1150 g/mol. The molecule has 0 amide bonds. The van der Waals surface area contributed by atoms with Crippen molar-refractivity contribution < 1.29 is 28.6 Å². The third-order valence-corrected chi connectivity index (χ3v) is 14.3. The Labute approximate surface area is 512 Å². The van der Waals surface area contributed by atoms with Crippen LogP contribution in [0, 0.1) is 0 Å². The van der Waals surface area contributed by atoms with Crippen molar-refractivity contribution in [2.45, 2.75) is 309 Å². The highest BCUT2D eigenvalue weighted by atomic mass is 16.6. The minimum absolute atomic E-state index is 0.104. The van der Waals surface area contributed by atoms with Crippen LogP contribution in [0.1, 0.15) is 303 Å². The number of ether oxygens (including phenoxy) is 3. The third kappa shape index (κ3) is 68.0. The minimum Gasteiger partial charge on any atom is -0.462 e. The Morgan fingerprint density at radius 3 is 0.783 bits per heavy atom. The number of hydrogen-bond acceptors (Lipinski definition) is 6. The van der Waals surface area contributed by atoms with E-state index >= 15 is 0 Å². The first-order chi connectivity index (χ1) is 41.0. The smallest absolute Gasteiger partial charge is 0.306 e. The molecule has 0 aromatic carbocycles. The van der Waals surface area contributed by atoms with Crippen molar-refractivity contribution in [3.63, 3.8) is 0 Å². The maximum Gasteiger partial charge on any atom is 0.306 e. The number of carbonyl (C=O) groups is 3. The van der Waals surface area contributed by atoms with E-state index in [1.165, 1.54) is 128 Å². The molecule has 0 aromatic heterocycles. The van der Waals surface area contributed by atoms with Gasteiger partial charge in [-0.25, -0.2) is 0 Å². The molecule has 0 rings (SSSR count). The van der Waals surface area contributed by atoms with Crippen molar-refractivity contribution in [3.8, 4) is 0 Å². The molecule has 1 unspecified atom stereocenters. The van der Waals surface area contributed by atoms with E-state index in [1.807, 2.05) is 0 Å². The molecule has 1 atom stereocenters. The van der Waals surface area contributed by atoms with Crippen molar-refractivity contribution in [2.75, 3.05) is 13.2 Å². The summed E-state index contributed by atoms with van der Waals surface area (Å²) in [5.41, 5.74) is 0. The normalized spacial score (nSPS) is 13.0. The van der Waals surface area contributed by atoms with E-state index in [-0.39, 0.29) is 37.5 Å². The molecule has 0 radical (unpaired) electrons. The highest BCUT2D eigenvalue weighted by Gasteiger charge is 2.19. The second-order valence-corrected chi connectivity index (χ2v) is 22.4. The molecular weight excluding hydrogens is 1020 g/mol. The molecule has 0 aliphatic carbocycles. The summed E-state index contributed by atoms with van der Waals surface area (Å²) in [6, 6.07) is 0. The summed E-state index contributed by atoms with van der Waals surface area (Å²) in [5, 5.41) is 0. The van der Waals surface area contributed by atoms with Crippen LogP contribution >= 0.6 is 0 Å². The molecule has 6 nitrogen and oxygen atoms in total. The van der Waals surface area contributed by atoms with Crippen LogP contribution in [-0.4, -0.2) is 37.2 Å². The van der Waals surface area contributed by atoms with Gasteiger partial charge >= 0.3 is 17.9 Å². The van der Waals surface area contributed by atoms with Crippen LogP contribution in [-0.2, 0) is 28.6 Å². The van der Waals surface area contributed by atoms with Gasteiger partial charge in [-0.2, -0.15) is 0 Å². The quantitative estimate of drug-likeness (QED) is 0.0261. The second-order valence-electron chi connectivity index (χ2n) is 22.4. The van der Waals surface area contributed by atoms with Gasteiger partial charge in [0.15, 0.2) is 6.10 Å². The van der Waals surface area contributed by atoms with E-state index in [0.717, 1.165) is 128 Å². The van der Waals surface area contributed by atoms with E-state index in [2.05, 4.69) is 167 Å². The molecule has 83 heavy (non-hydrogen) atoms. The van der Waals surface area contributed by atoms with E-state index in [4.69, 9.17) is 14.2 Å². The first kappa shape index (κ1) is 78.3. The SMILES string of the molecule is CC/C=C\C/C=C\C/C=C\C/C=C\C/C=C\C/C=C\C/C=C\C/C=C\C/C=C\CCCC(=O)OCC(COC(=O)CCCCCCCCCCCCCCCCC)OC(=O)CCCCCCCC/C=C\C/C=C\C/C=C\CCCCCCC. The Morgan fingerprint density at radius 1 is 0.253 bits per heavy atom. The lowest BCUT2D eigenvalue weighted by atomic mass is 10.0. The topological polar surface area (TPSA) is 78.9 Å². The number of esters is 3. The highest BCUT2D eigenvalue weighted by Crippen LogP contribution is 2.16. The zero-order chi connectivity index (χ0) is 59.9. The Hall–Kier alpha value is -4.71. The van der Waals surface area contributed by atoms with E-state index in [0.29, 0.717) is 19.3 Å². The van der Waals surface area contributed by atoms with Crippen LogP contribution in [0.3, 0.4) is 0 Å². The molecule has 470 valence electrons. The van der Waals surface area contributed by atoms with Gasteiger partial charge < -0.3 is 14.2 Å². The van der Waals surface area contributed by atoms with E-state index in [1.54, 1.807) is 0 Å². The maximum atomic E-state index is 12.9. The first-order valence-electron chi connectivity index (χ1n) is 34.3. The van der Waals surface area contributed by atoms with Gasteiger partial charge in [0.1, 0.15) is 13.2 Å². The average molecular weight is 1150 g/mol. The molecular formula is C77H126O6. The van der Waals surface area contributed by atoms with E-state index in [9.17, 15) is 14.4 Å². The number of allylic oxidation sites excluding steroid dienone is 24. The summed E-state index contributed by atoms with van der Waals surface area (Å²) in [6.45, 7) is 6.48. The minimum atomic E-state index is -0.815. The zero-order valence-electron chi connectivity index (χ0n) is 53.9. The fraction of sp³-hybridized carbons (Fsp3) is 0.649. The third-order valence-electron chi connectivity index (χ3n) is 14.3. The molecule has 0 saturated heterocycles. The first-order valence-corrected chi connectivity index (χ1v) is 34.3. The van der Waals surface area contributed by atoms with Crippen molar-refractivity contribution in [3.05, 3.63) is 146 Å². The Morgan fingerprint density at radius 2 is 0.482 bits per heavy atom. The number of rotatable bonds is 61. The fourth-order valence-electron chi connectivity index (χ4n) is 9.22. The number of unbranched alkanes of at least 4 members (excludes halogenated alkanes) is 26. The Bertz CT molecular complexity index is 1800. The molecule has 0 bridgehead atoms. The van der Waals surface area contributed by atoms with Crippen molar-refractivity contribution in [1.82, 2.24) is 0 Å². The van der Waals surface area contributed by atoms with Gasteiger partial charge in [-0.15, -0.1) is 0 Å². The molecule has 0 spiro atoms. The number of carbonyl (C=O) groups excluding carboxylic acids is 3. The zero-order valence-corrected chi connectivity index (χ0v) is 53.9. The standard InChI is InChI=1S/C77H126O6/c1-4-7-10-13-16-19-22-25-28-30-32-34-35-36-37-38-39-40-41-43-44-46-49-52-55-58-61-64-67-70-76(79)82-73-74(72-81-75(78)69-66-63-60-57-54-51-48-27-24-21-18-15-12-9-6-3)83-77(80)71-68-65-62-59-56-53-50-47-45-42-33-31-29-26-23-20-17-14-11-8-5-2/h7,10,16,19,23,25-26,28,31-34,36-37,39-40,43-45,47,49,52,58,61,74H,4-6,8-9,11-15,17-18,20-22,24,27,29-30,35,38,41-42,46,48,50-51,53-57,59-60,62-73H2,1-3H3/b10-7-,19-16-,26-23-,28-25-,33-31-,34-32-,37-36-,40-39-,44-43-,47-45-,52-49-,61-58-. The molecule has 0 saturated carbocycles. The van der Waals surface area contributed by atoms with E-state index < -0.39 is 6.10 Å². The summed E-state index contributed by atoms with van der Waals surface area (Å²) in [4.78, 5) is 38.4. The molecule has 0 N–H and O–H groups in total. The lowest BCUT2D eigenvalue weighted by molar-refractivity contribution is -0.167. The molecule has 0 aliphatic rings. The summed E-state index contributed by atoms with van der Waals surface area (Å²) >= 11 is 0. The van der Waals surface area contributed by atoms with Crippen LogP contribution in [0.4, 0.5) is 0 Å². The van der Waals surface area contributed by atoms with Gasteiger partial charge in [0.25, 0.3) is 0 Å². The van der Waals surface area contributed by atoms with Gasteiger partial charge in [0.2, 0.25) is 0 Å². The largest absolute Gasteiger partial charge is 0.462 e. The molecule has 0 heterocycles. The average Bonchev–Trinajstić information content (AvgIpc) is 3.49. The van der Waals surface area contributed by atoms with Gasteiger partial charge in [-0.1, -0.05) is 308 Å². The van der Waals surface area contributed by atoms with Crippen LogP contribution in [0.15, 0.2) is 146 Å². The summed E-state index contributed by atoms with van der Waals surface area (Å²) in [5.74, 6) is -0.974. The van der Waals surface area contributed by atoms with Gasteiger partial charge in [0.05, 0.1) is 0 Å². The molecule has 0 aliphatic heterocycles. The van der Waals surface area contributed by atoms with Crippen molar-refractivity contribution in [1.29, 1.82) is 0 Å². The molecule has 0 aromatic rings. The van der Waals surface area contributed by atoms with Gasteiger partial charge in [0, 0.05) is 19.3 Å². The van der Waals surface area contributed by atoms with Crippen molar-refractivity contribution >= 4 is 17.9 Å². The predicted octanol–water partition coefficient (Wildman–Crippen LogP) is 23.9. The van der Waals surface area contributed by atoms with Crippen LogP contribution in [0.25, 0.3) is 0 Å². The van der Waals surface area contributed by atoms with Gasteiger partial charge in [-0.3, -0.25) is 14.4 Å². The summed E-state index contributed by atoms with van der Waals surface area (Å²) < 4.78 is 16.9. The molecule has 0 fully saturated rings. The lowest BCUT2D eigenvalue weighted by Crippen LogP contribution is -2.30. The Balaban J connectivity index is 4.49. The van der Waals surface area contributed by atoms with Crippen LogP contribution in [0.5, 0.6) is 0 Å². The maximum absolute atomic E-state index is 12.9. The lowest BCUT2D eigenvalue weighted by Gasteiger charge is -2.18.